The van der Waals surface area contributed by atoms with Gasteiger partial charge in [0.05, 0.1) is 6.61 Å². The smallest absolute Gasteiger partial charge is 0.0587 e. The van der Waals surface area contributed by atoms with Gasteiger partial charge in [-0.25, -0.2) is 0 Å². The quantitative estimate of drug-likeness (QED) is 0.576. The molecule has 0 bridgehead atoms. The molecule has 0 fully saturated rings. The second kappa shape index (κ2) is 9.38. The highest BCUT2D eigenvalue weighted by Crippen LogP contribution is 2.23. The molecule has 0 saturated carbocycles. The van der Waals surface area contributed by atoms with Crippen molar-refractivity contribution < 1.29 is 4.74 Å². The fourth-order valence-electron chi connectivity index (χ4n) is 1.76. The summed E-state index contributed by atoms with van der Waals surface area (Å²) in [6, 6.07) is 5.65. The Hall–Kier alpha value is -0.540. The van der Waals surface area contributed by atoms with Crippen molar-refractivity contribution in [3.8, 4) is 0 Å². The number of benzene rings is 1. The molecule has 2 nitrogen and oxygen atoms in total. The van der Waals surface area contributed by atoms with E-state index in [0.29, 0.717) is 5.02 Å². The van der Waals surface area contributed by atoms with E-state index in [2.05, 4.69) is 18.3 Å². The molecule has 1 aromatic rings. The predicted molar refractivity (Wildman–Crippen MR) is 83.3 cm³/mol. The van der Waals surface area contributed by atoms with Crippen LogP contribution in [0.15, 0.2) is 29.8 Å². The van der Waals surface area contributed by atoms with E-state index in [1.165, 1.54) is 5.57 Å². The molecular weight excluding hydrogens is 281 g/mol. The first-order valence-corrected chi connectivity index (χ1v) is 7.18. The summed E-state index contributed by atoms with van der Waals surface area (Å²) >= 11 is 12.0. The van der Waals surface area contributed by atoms with Crippen molar-refractivity contribution in [2.45, 2.75) is 19.8 Å². The van der Waals surface area contributed by atoms with Crippen molar-refractivity contribution in [2.24, 2.45) is 0 Å². The molecule has 0 aliphatic carbocycles. The molecule has 0 saturated heterocycles. The van der Waals surface area contributed by atoms with Gasteiger partial charge < -0.3 is 10.1 Å². The molecule has 0 unspecified atom stereocenters. The first kappa shape index (κ1) is 16.5. The van der Waals surface area contributed by atoms with Crippen LogP contribution in [0.25, 0.3) is 0 Å². The Balaban J connectivity index is 2.35. The minimum Gasteiger partial charge on any atom is -0.383 e. The molecule has 0 aliphatic heterocycles. The normalized spacial score (nSPS) is 11.9. The lowest BCUT2D eigenvalue weighted by atomic mass is 10.1. The summed E-state index contributed by atoms with van der Waals surface area (Å²) in [5.41, 5.74) is 2.44. The van der Waals surface area contributed by atoms with E-state index in [-0.39, 0.29) is 0 Å². The van der Waals surface area contributed by atoms with Gasteiger partial charge in [0.25, 0.3) is 0 Å². The van der Waals surface area contributed by atoms with Crippen LogP contribution in [0.3, 0.4) is 0 Å². The highest BCUT2D eigenvalue weighted by Gasteiger charge is 2.01. The first-order valence-electron chi connectivity index (χ1n) is 6.42. The van der Waals surface area contributed by atoms with Gasteiger partial charge in [-0.3, -0.25) is 0 Å². The minimum atomic E-state index is 0.678. The van der Waals surface area contributed by atoms with Crippen LogP contribution in [-0.2, 0) is 11.2 Å². The number of hydrogen-bond donors (Lipinski definition) is 1. The average molecular weight is 302 g/mol. The molecule has 1 N–H and O–H groups in total. The van der Waals surface area contributed by atoms with Gasteiger partial charge in [0.15, 0.2) is 0 Å². The zero-order valence-electron chi connectivity index (χ0n) is 11.5. The van der Waals surface area contributed by atoms with Crippen molar-refractivity contribution in [3.63, 3.8) is 0 Å². The van der Waals surface area contributed by atoms with Crippen LogP contribution < -0.4 is 5.32 Å². The third-order valence-corrected chi connectivity index (χ3v) is 3.37. The second-order valence-corrected chi connectivity index (χ2v) is 5.34. The number of rotatable bonds is 8. The van der Waals surface area contributed by atoms with Crippen LogP contribution in [0, 0.1) is 0 Å². The molecule has 0 amide bonds. The Labute approximate surface area is 125 Å². The van der Waals surface area contributed by atoms with Gasteiger partial charge in [0, 0.05) is 23.7 Å². The third kappa shape index (κ3) is 6.98. The van der Waals surface area contributed by atoms with Gasteiger partial charge in [0.2, 0.25) is 0 Å². The highest BCUT2D eigenvalue weighted by atomic mass is 35.5. The maximum atomic E-state index is 6.15. The molecular formula is C15H21Cl2NO. The summed E-state index contributed by atoms with van der Waals surface area (Å²) in [7, 11) is 1.71. The van der Waals surface area contributed by atoms with Gasteiger partial charge in [-0.2, -0.15) is 0 Å². The van der Waals surface area contributed by atoms with E-state index in [1.807, 2.05) is 12.1 Å². The van der Waals surface area contributed by atoms with Crippen molar-refractivity contribution >= 4 is 23.2 Å². The lowest BCUT2D eigenvalue weighted by molar-refractivity contribution is 0.199. The molecule has 0 atom stereocenters. The Kier molecular flexibility index (Phi) is 8.15. The number of halogens is 2. The summed E-state index contributed by atoms with van der Waals surface area (Å²) in [4.78, 5) is 0. The molecule has 0 radical (unpaired) electrons. The number of hydrogen-bond acceptors (Lipinski definition) is 2. The fourth-order valence-corrected chi connectivity index (χ4v) is 2.23. The molecule has 106 valence electrons. The monoisotopic (exact) mass is 301 g/mol. The molecule has 0 spiro atoms. The molecule has 0 aliphatic rings. The molecule has 1 rings (SSSR count). The fraction of sp³-hybridized carbons (Fsp3) is 0.467. The highest BCUT2D eigenvalue weighted by molar-refractivity contribution is 6.35. The summed E-state index contributed by atoms with van der Waals surface area (Å²) in [6.45, 7) is 4.74. The molecule has 1 aromatic carbocycles. The van der Waals surface area contributed by atoms with Crippen molar-refractivity contribution in [3.05, 3.63) is 45.5 Å². The molecule has 4 heteroatoms. The number of allylic oxidation sites excluding steroid dienone is 1. The summed E-state index contributed by atoms with van der Waals surface area (Å²) in [6.07, 6.45) is 4.12. The maximum absolute atomic E-state index is 6.15. The number of ether oxygens (including phenoxy) is 1. The SMILES string of the molecule is COCCNCCC=C(C)Cc1ccc(Cl)cc1Cl. The number of methoxy groups -OCH3 is 1. The van der Waals surface area contributed by atoms with E-state index >= 15 is 0 Å². The zero-order chi connectivity index (χ0) is 14.1. The lowest BCUT2D eigenvalue weighted by Crippen LogP contribution is -2.19. The first-order chi connectivity index (χ1) is 9.13. The van der Waals surface area contributed by atoms with Gasteiger partial charge in [-0.05, 0) is 44.0 Å². The summed E-state index contributed by atoms with van der Waals surface area (Å²) in [5, 5.41) is 4.72. The van der Waals surface area contributed by atoms with Crippen molar-refractivity contribution in [2.75, 3.05) is 26.8 Å². The maximum Gasteiger partial charge on any atom is 0.0587 e. The van der Waals surface area contributed by atoms with Crippen LogP contribution in [0.2, 0.25) is 10.0 Å². The topological polar surface area (TPSA) is 21.3 Å². The Morgan fingerprint density at radius 1 is 1.32 bits per heavy atom. The van der Waals surface area contributed by atoms with Crippen molar-refractivity contribution in [1.29, 1.82) is 0 Å². The largest absolute Gasteiger partial charge is 0.383 e. The van der Waals surface area contributed by atoms with Crippen LogP contribution in [0.5, 0.6) is 0 Å². The predicted octanol–water partition coefficient (Wildman–Crippen LogP) is 4.11. The van der Waals surface area contributed by atoms with Crippen LogP contribution >= 0.6 is 23.2 Å². The van der Waals surface area contributed by atoms with Gasteiger partial charge in [-0.15, -0.1) is 0 Å². The zero-order valence-corrected chi connectivity index (χ0v) is 13.0. The third-order valence-electron chi connectivity index (χ3n) is 2.78. The van der Waals surface area contributed by atoms with Gasteiger partial charge in [-0.1, -0.05) is 40.9 Å². The Morgan fingerprint density at radius 3 is 2.79 bits per heavy atom. The average Bonchev–Trinajstić information content (AvgIpc) is 2.37. The van der Waals surface area contributed by atoms with Crippen LogP contribution in [0.4, 0.5) is 0 Å². The summed E-state index contributed by atoms with van der Waals surface area (Å²) in [5.74, 6) is 0. The standard InChI is InChI=1S/C15H21Cl2NO/c1-12(4-3-7-18-8-9-19-2)10-13-5-6-14(16)11-15(13)17/h4-6,11,18H,3,7-10H2,1-2H3. The number of nitrogens with one attached hydrogen (secondary N) is 1. The lowest BCUT2D eigenvalue weighted by Gasteiger charge is -2.06. The van der Waals surface area contributed by atoms with Crippen molar-refractivity contribution in [1.82, 2.24) is 5.32 Å². The molecule has 0 aromatic heterocycles. The van der Waals surface area contributed by atoms with E-state index in [9.17, 15) is 0 Å². The molecule has 19 heavy (non-hydrogen) atoms. The minimum absolute atomic E-state index is 0.678. The van der Waals surface area contributed by atoms with Crippen LogP contribution in [0.1, 0.15) is 18.9 Å². The second-order valence-electron chi connectivity index (χ2n) is 4.49. The van der Waals surface area contributed by atoms with E-state index in [0.717, 1.165) is 43.1 Å². The van der Waals surface area contributed by atoms with E-state index in [4.69, 9.17) is 27.9 Å². The van der Waals surface area contributed by atoms with E-state index < -0.39 is 0 Å². The van der Waals surface area contributed by atoms with E-state index in [1.54, 1.807) is 13.2 Å². The van der Waals surface area contributed by atoms with Gasteiger partial charge >= 0.3 is 0 Å². The van der Waals surface area contributed by atoms with Gasteiger partial charge in [0.1, 0.15) is 0 Å². The molecule has 0 heterocycles. The Bertz CT molecular complexity index is 419. The van der Waals surface area contributed by atoms with Crippen LogP contribution in [-0.4, -0.2) is 26.8 Å². The Morgan fingerprint density at radius 2 is 2.11 bits per heavy atom. The summed E-state index contributed by atoms with van der Waals surface area (Å²) < 4.78 is 4.97.